The van der Waals surface area contributed by atoms with E-state index in [-0.39, 0.29) is 0 Å². The molecular weight excluding hydrogens is 212 g/mol. The van der Waals surface area contributed by atoms with Crippen molar-refractivity contribution in [3.8, 4) is 0 Å². The van der Waals surface area contributed by atoms with Gasteiger partial charge in [-0.1, -0.05) is 13.8 Å². The van der Waals surface area contributed by atoms with Crippen molar-refractivity contribution in [2.45, 2.75) is 65.1 Å². The standard InChI is InChI=1S/C15H26O2/c1-13(2,17)12(16)5-6-14(3)9-7-10-11(8-9)15(10,14)4/h9-12,16-17H,5-8H2,1-4H3/t9?,10?,11?,12-,14?,15?/m0/s1. The Morgan fingerprint density at radius 3 is 2.12 bits per heavy atom. The third-order valence-corrected chi connectivity index (χ3v) is 6.88. The van der Waals surface area contributed by atoms with Crippen molar-refractivity contribution in [1.82, 2.24) is 0 Å². The SMILES string of the molecule is CC(C)(O)[C@@H](O)CCC1(C)C2CC3C(C2)C31C. The quantitative estimate of drug-likeness (QED) is 0.790. The summed E-state index contributed by atoms with van der Waals surface area (Å²) in [6.45, 7) is 8.31. The van der Waals surface area contributed by atoms with E-state index in [9.17, 15) is 10.2 Å². The second kappa shape index (κ2) is 3.08. The Morgan fingerprint density at radius 1 is 1.24 bits per heavy atom. The third kappa shape index (κ3) is 1.29. The van der Waals surface area contributed by atoms with E-state index < -0.39 is 11.7 Å². The number of hydrogen-bond acceptors (Lipinski definition) is 2. The predicted molar refractivity (Wildman–Crippen MR) is 67.5 cm³/mol. The van der Waals surface area contributed by atoms with Crippen LogP contribution >= 0.6 is 0 Å². The highest BCUT2D eigenvalue weighted by atomic mass is 16.3. The van der Waals surface area contributed by atoms with Crippen LogP contribution in [-0.4, -0.2) is 21.9 Å². The van der Waals surface area contributed by atoms with Gasteiger partial charge in [0.15, 0.2) is 0 Å². The number of aliphatic hydroxyl groups excluding tert-OH is 1. The minimum Gasteiger partial charge on any atom is -0.390 e. The maximum Gasteiger partial charge on any atom is 0.0849 e. The molecule has 2 nitrogen and oxygen atoms in total. The van der Waals surface area contributed by atoms with Gasteiger partial charge in [-0.05, 0) is 68.1 Å². The van der Waals surface area contributed by atoms with E-state index in [4.69, 9.17) is 0 Å². The van der Waals surface area contributed by atoms with Gasteiger partial charge in [0, 0.05) is 0 Å². The van der Waals surface area contributed by atoms with Gasteiger partial charge in [0.25, 0.3) is 0 Å². The van der Waals surface area contributed by atoms with E-state index in [1.165, 1.54) is 12.8 Å². The van der Waals surface area contributed by atoms with Crippen LogP contribution in [-0.2, 0) is 0 Å². The molecule has 0 aromatic carbocycles. The van der Waals surface area contributed by atoms with Crippen LogP contribution in [0.1, 0.15) is 53.4 Å². The molecule has 3 unspecified atom stereocenters. The monoisotopic (exact) mass is 238 g/mol. The van der Waals surface area contributed by atoms with Crippen molar-refractivity contribution in [2.24, 2.45) is 28.6 Å². The number of rotatable bonds is 4. The summed E-state index contributed by atoms with van der Waals surface area (Å²) in [6, 6.07) is 0. The first kappa shape index (κ1) is 12.0. The fourth-order valence-corrected chi connectivity index (χ4v) is 5.30. The minimum atomic E-state index is -0.957. The van der Waals surface area contributed by atoms with Crippen LogP contribution in [0.5, 0.6) is 0 Å². The fourth-order valence-electron chi connectivity index (χ4n) is 5.30. The second-order valence-corrected chi connectivity index (χ2v) is 7.79. The summed E-state index contributed by atoms with van der Waals surface area (Å²) < 4.78 is 0. The Balaban J connectivity index is 1.67. The maximum atomic E-state index is 9.99. The minimum absolute atomic E-state index is 0.425. The molecule has 0 aliphatic heterocycles. The van der Waals surface area contributed by atoms with Gasteiger partial charge in [0.05, 0.1) is 11.7 Å². The molecule has 0 spiro atoms. The molecule has 17 heavy (non-hydrogen) atoms. The van der Waals surface area contributed by atoms with Crippen LogP contribution in [0.3, 0.4) is 0 Å². The Hall–Kier alpha value is -0.0800. The fraction of sp³-hybridized carbons (Fsp3) is 1.00. The van der Waals surface area contributed by atoms with Gasteiger partial charge >= 0.3 is 0 Å². The number of aliphatic hydroxyl groups is 2. The van der Waals surface area contributed by atoms with Gasteiger partial charge in [0.1, 0.15) is 0 Å². The molecule has 2 N–H and O–H groups in total. The Kier molecular flexibility index (Phi) is 2.17. The van der Waals surface area contributed by atoms with Gasteiger partial charge < -0.3 is 10.2 Å². The van der Waals surface area contributed by atoms with Gasteiger partial charge in [-0.3, -0.25) is 0 Å². The lowest BCUT2D eigenvalue weighted by Gasteiger charge is -2.36. The normalized spacial score (nSPS) is 52.9. The third-order valence-electron chi connectivity index (χ3n) is 6.88. The lowest BCUT2D eigenvalue weighted by molar-refractivity contribution is -0.0591. The van der Waals surface area contributed by atoms with Crippen LogP contribution in [0.25, 0.3) is 0 Å². The van der Waals surface area contributed by atoms with Crippen LogP contribution in [0.15, 0.2) is 0 Å². The molecule has 0 saturated heterocycles. The molecule has 98 valence electrons. The largest absolute Gasteiger partial charge is 0.390 e. The summed E-state index contributed by atoms with van der Waals surface area (Å²) in [7, 11) is 0. The maximum absolute atomic E-state index is 9.99. The zero-order valence-corrected chi connectivity index (χ0v) is 11.5. The van der Waals surface area contributed by atoms with E-state index in [2.05, 4.69) is 13.8 Å². The van der Waals surface area contributed by atoms with Crippen LogP contribution in [0.2, 0.25) is 0 Å². The highest BCUT2D eigenvalue weighted by Crippen LogP contribution is 2.87. The summed E-state index contributed by atoms with van der Waals surface area (Å²) in [5.74, 6) is 2.85. The first-order chi connectivity index (χ1) is 7.71. The molecule has 4 atom stereocenters. The van der Waals surface area contributed by atoms with Crippen LogP contribution < -0.4 is 0 Å². The van der Waals surface area contributed by atoms with Gasteiger partial charge in [-0.25, -0.2) is 0 Å². The predicted octanol–water partition coefficient (Wildman–Crippen LogP) is 2.58. The molecule has 0 aromatic rings. The molecule has 0 aromatic heterocycles. The zero-order valence-electron chi connectivity index (χ0n) is 11.5. The second-order valence-electron chi connectivity index (χ2n) is 7.79. The topological polar surface area (TPSA) is 40.5 Å². The van der Waals surface area contributed by atoms with Gasteiger partial charge in [-0.2, -0.15) is 0 Å². The Morgan fingerprint density at radius 2 is 1.76 bits per heavy atom. The Bertz CT molecular complexity index is 331. The molecule has 0 amide bonds. The van der Waals surface area contributed by atoms with Crippen molar-refractivity contribution in [3.63, 3.8) is 0 Å². The molecule has 4 bridgehead atoms. The van der Waals surface area contributed by atoms with E-state index in [0.29, 0.717) is 10.8 Å². The molecule has 0 heterocycles. The molecule has 4 fully saturated rings. The van der Waals surface area contributed by atoms with E-state index in [1.807, 2.05) is 0 Å². The molecule has 4 rings (SSSR count). The Labute approximate surface area is 104 Å². The van der Waals surface area contributed by atoms with E-state index in [0.717, 1.165) is 30.6 Å². The summed E-state index contributed by atoms with van der Waals surface area (Å²) in [5, 5.41) is 19.8. The average Bonchev–Trinajstić information content (AvgIpc) is 2.58. The van der Waals surface area contributed by atoms with Gasteiger partial charge in [-0.15, -0.1) is 0 Å². The molecule has 0 radical (unpaired) electrons. The average molecular weight is 238 g/mol. The first-order valence-electron chi connectivity index (χ1n) is 7.11. The lowest BCUT2D eigenvalue weighted by atomic mass is 9.70. The van der Waals surface area contributed by atoms with Crippen LogP contribution in [0.4, 0.5) is 0 Å². The van der Waals surface area contributed by atoms with E-state index in [1.54, 1.807) is 13.8 Å². The summed E-state index contributed by atoms with van der Waals surface area (Å²) in [6.07, 6.45) is 4.09. The highest BCUT2D eigenvalue weighted by Gasteiger charge is 2.80. The van der Waals surface area contributed by atoms with Gasteiger partial charge in [0.2, 0.25) is 0 Å². The smallest absolute Gasteiger partial charge is 0.0849 e. The lowest BCUT2D eigenvalue weighted by Crippen LogP contribution is -2.38. The summed E-state index contributed by atoms with van der Waals surface area (Å²) in [5.41, 5.74) is 0.0350. The van der Waals surface area contributed by atoms with Crippen molar-refractivity contribution in [3.05, 3.63) is 0 Å². The van der Waals surface area contributed by atoms with Crippen LogP contribution in [0, 0.1) is 28.6 Å². The summed E-state index contributed by atoms with van der Waals surface area (Å²) in [4.78, 5) is 0. The van der Waals surface area contributed by atoms with Crippen molar-refractivity contribution in [1.29, 1.82) is 0 Å². The summed E-state index contributed by atoms with van der Waals surface area (Å²) >= 11 is 0. The highest BCUT2D eigenvalue weighted by molar-refractivity contribution is 5.28. The molecule has 4 aliphatic carbocycles. The molecule has 4 aliphatic rings. The molecule has 2 heteroatoms. The molecule has 4 saturated carbocycles. The molecular formula is C15H26O2. The first-order valence-corrected chi connectivity index (χ1v) is 7.11. The van der Waals surface area contributed by atoms with Crippen molar-refractivity contribution >= 4 is 0 Å². The van der Waals surface area contributed by atoms with Crippen molar-refractivity contribution < 1.29 is 10.2 Å². The number of hydrogen-bond donors (Lipinski definition) is 2. The van der Waals surface area contributed by atoms with E-state index >= 15 is 0 Å². The van der Waals surface area contributed by atoms with Crippen molar-refractivity contribution in [2.75, 3.05) is 0 Å². The zero-order chi connectivity index (χ0) is 12.6.